The zero-order chi connectivity index (χ0) is 15.2. The lowest BCUT2D eigenvalue weighted by molar-refractivity contribution is 0.301. The van der Waals surface area contributed by atoms with Gasteiger partial charge in [-0.15, -0.1) is 0 Å². The van der Waals surface area contributed by atoms with E-state index in [2.05, 4.69) is 46.1 Å². The molecule has 0 atom stereocenters. The van der Waals surface area contributed by atoms with E-state index >= 15 is 0 Å². The molecule has 1 N–H and O–H groups in total. The van der Waals surface area contributed by atoms with Crippen LogP contribution in [0.4, 0.5) is 0 Å². The number of nitrogens with zero attached hydrogens (tertiary/aromatic N) is 1. The molecule has 0 saturated heterocycles. The molecule has 0 radical (unpaired) electrons. The first kappa shape index (κ1) is 16.3. The van der Waals surface area contributed by atoms with Crippen molar-refractivity contribution in [2.75, 3.05) is 0 Å². The van der Waals surface area contributed by atoms with Crippen LogP contribution in [0.3, 0.4) is 0 Å². The number of benzene rings is 1. The van der Waals surface area contributed by atoms with E-state index in [1.54, 1.807) is 6.07 Å². The number of aromatic nitrogens is 1. The number of ether oxygens (including phenoxy) is 1. The molecule has 21 heavy (non-hydrogen) atoms. The van der Waals surface area contributed by atoms with Gasteiger partial charge in [0.05, 0.1) is 10.7 Å². The van der Waals surface area contributed by atoms with Crippen LogP contribution in [0.1, 0.15) is 25.1 Å². The molecule has 0 aliphatic heterocycles. The van der Waals surface area contributed by atoms with Crippen molar-refractivity contribution in [2.45, 2.75) is 33.0 Å². The second-order valence-corrected chi connectivity index (χ2v) is 6.38. The van der Waals surface area contributed by atoms with Gasteiger partial charge in [-0.2, -0.15) is 0 Å². The Hall–Kier alpha value is -1.10. The third kappa shape index (κ3) is 5.30. The van der Waals surface area contributed by atoms with E-state index in [1.165, 1.54) is 0 Å². The summed E-state index contributed by atoms with van der Waals surface area (Å²) in [4.78, 5) is 4.40. The average molecular weight is 370 g/mol. The highest BCUT2D eigenvalue weighted by Gasteiger charge is 2.04. The molecule has 1 heterocycles. The Balaban J connectivity index is 1.93. The minimum Gasteiger partial charge on any atom is -0.486 e. The van der Waals surface area contributed by atoms with E-state index < -0.39 is 0 Å². The number of nitrogens with one attached hydrogen (secondary N) is 1. The molecule has 0 unspecified atom stereocenters. The molecule has 0 aliphatic rings. The van der Waals surface area contributed by atoms with Crippen LogP contribution < -0.4 is 10.1 Å². The molecule has 0 amide bonds. The Bertz CT molecular complexity index is 587. The lowest BCUT2D eigenvalue weighted by Crippen LogP contribution is -2.21. The molecule has 112 valence electrons. The summed E-state index contributed by atoms with van der Waals surface area (Å²) in [6.07, 6.45) is 1.87. The molecule has 0 spiro atoms. The number of halogens is 2. The van der Waals surface area contributed by atoms with E-state index in [-0.39, 0.29) is 0 Å². The van der Waals surface area contributed by atoms with Gasteiger partial charge in [0.25, 0.3) is 0 Å². The maximum atomic E-state index is 6.08. The van der Waals surface area contributed by atoms with E-state index in [9.17, 15) is 0 Å². The molecular weight excluding hydrogens is 352 g/mol. The fourth-order valence-electron chi connectivity index (χ4n) is 1.71. The highest BCUT2D eigenvalue weighted by Crippen LogP contribution is 2.28. The predicted octanol–water partition coefficient (Wildman–Crippen LogP) is 4.57. The summed E-state index contributed by atoms with van der Waals surface area (Å²) in [5.41, 5.74) is 2.03. The van der Waals surface area contributed by atoms with Gasteiger partial charge < -0.3 is 10.1 Å². The SMILES string of the molecule is CC(C)NCc1ccc(COc2cc(Br)ccc2Cl)nc1. The molecule has 1 aromatic carbocycles. The van der Waals surface area contributed by atoms with Gasteiger partial charge in [-0.25, -0.2) is 0 Å². The number of hydrogen-bond donors (Lipinski definition) is 1. The Morgan fingerprint density at radius 2 is 2.10 bits per heavy atom. The van der Waals surface area contributed by atoms with Crippen molar-refractivity contribution in [3.63, 3.8) is 0 Å². The lowest BCUT2D eigenvalue weighted by atomic mass is 10.2. The van der Waals surface area contributed by atoms with Crippen molar-refractivity contribution in [2.24, 2.45) is 0 Å². The van der Waals surface area contributed by atoms with Gasteiger partial charge in [-0.3, -0.25) is 4.98 Å². The standard InChI is InChI=1S/C16H18BrClN2O/c1-11(2)19-8-12-3-5-14(20-9-12)10-21-16-7-13(17)4-6-15(16)18/h3-7,9,11,19H,8,10H2,1-2H3. The Labute approximate surface area is 138 Å². The number of hydrogen-bond acceptors (Lipinski definition) is 3. The number of pyridine rings is 1. The van der Waals surface area contributed by atoms with Crippen LogP contribution in [0.25, 0.3) is 0 Å². The van der Waals surface area contributed by atoms with Crippen LogP contribution >= 0.6 is 27.5 Å². The van der Waals surface area contributed by atoms with Crippen molar-refractivity contribution in [3.05, 3.63) is 57.3 Å². The van der Waals surface area contributed by atoms with Gasteiger partial charge in [-0.05, 0) is 29.8 Å². The maximum Gasteiger partial charge on any atom is 0.139 e. The normalized spacial score (nSPS) is 10.9. The molecule has 0 saturated carbocycles. The minimum absolute atomic E-state index is 0.397. The summed E-state index contributed by atoms with van der Waals surface area (Å²) in [6, 6.07) is 10.0. The molecule has 0 fully saturated rings. The maximum absolute atomic E-state index is 6.08. The van der Waals surface area contributed by atoms with Gasteiger partial charge >= 0.3 is 0 Å². The van der Waals surface area contributed by atoms with Crippen molar-refractivity contribution < 1.29 is 4.74 Å². The molecule has 5 heteroatoms. The molecule has 0 aliphatic carbocycles. The third-order valence-electron chi connectivity index (χ3n) is 2.87. The van der Waals surface area contributed by atoms with Crippen molar-refractivity contribution in [3.8, 4) is 5.75 Å². The molecule has 2 rings (SSSR count). The molecule has 1 aromatic heterocycles. The monoisotopic (exact) mass is 368 g/mol. The second-order valence-electron chi connectivity index (χ2n) is 5.06. The summed E-state index contributed by atoms with van der Waals surface area (Å²) < 4.78 is 6.64. The summed E-state index contributed by atoms with van der Waals surface area (Å²) in [5.74, 6) is 0.651. The highest BCUT2D eigenvalue weighted by molar-refractivity contribution is 9.10. The van der Waals surface area contributed by atoms with Crippen molar-refractivity contribution in [1.82, 2.24) is 10.3 Å². The fourth-order valence-corrected chi connectivity index (χ4v) is 2.22. The van der Waals surface area contributed by atoms with Crippen LogP contribution in [0.2, 0.25) is 5.02 Å². The largest absolute Gasteiger partial charge is 0.486 e. The van der Waals surface area contributed by atoms with Gasteiger partial charge in [0.1, 0.15) is 12.4 Å². The Kier molecular flexibility index (Phi) is 6.03. The smallest absolute Gasteiger partial charge is 0.139 e. The van der Waals surface area contributed by atoms with Crippen LogP contribution in [0.15, 0.2) is 41.0 Å². The van der Waals surface area contributed by atoms with E-state index in [1.807, 2.05) is 24.4 Å². The lowest BCUT2D eigenvalue weighted by Gasteiger charge is -2.10. The first-order chi connectivity index (χ1) is 10.0. The Morgan fingerprint density at radius 3 is 2.76 bits per heavy atom. The van der Waals surface area contributed by atoms with Crippen LogP contribution in [0.5, 0.6) is 5.75 Å². The van der Waals surface area contributed by atoms with Gasteiger partial charge in [-0.1, -0.05) is 47.4 Å². The van der Waals surface area contributed by atoms with Crippen LogP contribution in [-0.4, -0.2) is 11.0 Å². The van der Waals surface area contributed by atoms with Crippen LogP contribution in [0, 0.1) is 0 Å². The quantitative estimate of drug-likeness (QED) is 0.809. The highest BCUT2D eigenvalue weighted by atomic mass is 79.9. The van der Waals surface area contributed by atoms with Gasteiger partial charge in [0.2, 0.25) is 0 Å². The van der Waals surface area contributed by atoms with E-state index in [0.29, 0.717) is 23.4 Å². The summed E-state index contributed by atoms with van der Waals surface area (Å²) in [7, 11) is 0. The first-order valence-corrected chi connectivity index (χ1v) is 7.96. The van der Waals surface area contributed by atoms with E-state index in [4.69, 9.17) is 16.3 Å². The zero-order valence-electron chi connectivity index (χ0n) is 12.1. The fraction of sp³-hybridized carbons (Fsp3) is 0.312. The van der Waals surface area contributed by atoms with Crippen LogP contribution in [-0.2, 0) is 13.2 Å². The molecule has 0 bridgehead atoms. The Morgan fingerprint density at radius 1 is 1.29 bits per heavy atom. The van der Waals surface area contributed by atoms with Gasteiger partial charge in [0, 0.05) is 23.3 Å². The average Bonchev–Trinajstić information content (AvgIpc) is 2.47. The molecule has 3 nitrogen and oxygen atoms in total. The summed E-state index contributed by atoms with van der Waals surface area (Å²) >= 11 is 9.48. The van der Waals surface area contributed by atoms with Gasteiger partial charge in [0.15, 0.2) is 0 Å². The number of rotatable bonds is 6. The second kappa shape index (κ2) is 7.78. The summed E-state index contributed by atoms with van der Waals surface area (Å²) in [5, 5.41) is 3.95. The molecular formula is C16H18BrClN2O. The minimum atomic E-state index is 0.397. The van der Waals surface area contributed by atoms with Crippen molar-refractivity contribution in [1.29, 1.82) is 0 Å². The molecule has 2 aromatic rings. The van der Waals surface area contributed by atoms with Crippen molar-refractivity contribution >= 4 is 27.5 Å². The third-order valence-corrected chi connectivity index (χ3v) is 3.67. The predicted molar refractivity (Wildman–Crippen MR) is 89.7 cm³/mol. The summed E-state index contributed by atoms with van der Waals surface area (Å²) in [6.45, 7) is 5.46. The topological polar surface area (TPSA) is 34.1 Å². The zero-order valence-corrected chi connectivity index (χ0v) is 14.4. The van der Waals surface area contributed by atoms with E-state index in [0.717, 1.165) is 22.3 Å². The first-order valence-electron chi connectivity index (χ1n) is 6.79.